The van der Waals surface area contributed by atoms with Crippen LogP contribution in [0.25, 0.3) is 0 Å². The predicted molar refractivity (Wildman–Crippen MR) is 73.4 cm³/mol. The molecule has 2 rings (SSSR count). The molecule has 2 aromatic carbocycles. The summed E-state index contributed by atoms with van der Waals surface area (Å²) in [6.45, 7) is 0. The molecule has 0 saturated heterocycles. The van der Waals surface area contributed by atoms with E-state index in [-0.39, 0.29) is 0 Å². The molecule has 0 atom stereocenters. The maximum atomic E-state index is 9.16. The normalized spacial score (nSPS) is 10.4. The topological polar surface area (TPSA) is 46.2 Å². The van der Waals surface area contributed by atoms with Crippen molar-refractivity contribution in [3.63, 3.8) is 0 Å². The summed E-state index contributed by atoms with van der Waals surface area (Å²) in [5.74, 6) is 1.34. The van der Waals surface area contributed by atoms with Gasteiger partial charge >= 0.3 is 0 Å². The van der Waals surface area contributed by atoms with Crippen LogP contribution in [0, 0.1) is 0 Å². The molecule has 0 spiro atoms. The standard InChI is InChI=1S/C14H15NOS/c15-12-3-1-11(2-4-12)9-10-17-14-7-5-13(16)6-8-14/h1-8,16H,9-10,15H2. The average molecular weight is 245 g/mol. The monoisotopic (exact) mass is 245 g/mol. The molecular weight excluding hydrogens is 230 g/mol. The second-order valence-electron chi connectivity index (χ2n) is 3.83. The summed E-state index contributed by atoms with van der Waals surface area (Å²) in [6, 6.07) is 15.3. The first-order valence-electron chi connectivity index (χ1n) is 5.50. The number of hydrogen-bond donors (Lipinski definition) is 2. The number of aromatic hydroxyl groups is 1. The SMILES string of the molecule is Nc1ccc(CCSc2ccc(O)cc2)cc1. The highest BCUT2D eigenvalue weighted by Gasteiger charge is 1.96. The summed E-state index contributed by atoms with van der Waals surface area (Å²) in [5, 5.41) is 9.16. The Morgan fingerprint density at radius 2 is 1.59 bits per heavy atom. The largest absolute Gasteiger partial charge is 0.508 e. The zero-order valence-electron chi connectivity index (χ0n) is 9.47. The van der Waals surface area contributed by atoms with Gasteiger partial charge in [0.05, 0.1) is 0 Å². The molecule has 0 unspecified atom stereocenters. The average Bonchev–Trinajstić information content (AvgIpc) is 2.34. The molecular formula is C14H15NOS. The smallest absolute Gasteiger partial charge is 0.115 e. The van der Waals surface area contributed by atoms with E-state index in [4.69, 9.17) is 10.8 Å². The van der Waals surface area contributed by atoms with E-state index >= 15 is 0 Å². The maximum absolute atomic E-state index is 9.16. The van der Waals surface area contributed by atoms with Gasteiger partial charge < -0.3 is 10.8 Å². The third kappa shape index (κ3) is 3.71. The number of aryl methyl sites for hydroxylation is 1. The molecule has 0 fully saturated rings. The Morgan fingerprint density at radius 3 is 2.24 bits per heavy atom. The van der Waals surface area contributed by atoms with Crippen molar-refractivity contribution >= 4 is 17.4 Å². The predicted octanol–water partition coefficient (Wildman–Crippen LogP) is 3.31. The lowest BCUT2D eigenvalue weighted by Gasteiger charge is -2.03. The van der Waals surface area contributed by atoms with Crippen LogP contribution in [0.1, 0.15) is 5.56 Å². The van der Waals surface area contributed by atoms with E-state index in [1.807, 2.05) is 24.3 Å². The first-order chi connectivity index (χ1) is 8.24. The maximum Gasteiger partial charge on any atom is 0.115 e. The molecule has 3 N–H and O–H groups in total. The van der Waals surface area contributed by atoms with Crippen molar-refractivity contribution in [3.05, 3.63) is 54.1 Å². The van der Waals surface area contributed by atoms with E-state index in [1.54, 1.807) is 23.9 Å². The van der Waals surface area contributed by atoms with Crippen molar-refractivity contribution in [1.29, 1.82) is 0 Å². The molecule has 2 nitrogen and oxygen atoms in total. The fourth-order valence-electron chi connectivity index (χ4n) is 1.51. The van der Waals surface area contributed by atoms with Gasteiger partial charge in [-0.05, 0) is 48.4 Å². The minimum atomic E-state index is 0.313. The lowest BCUT2D eigenvalue weighted by molar-refractivity contribution is 0.475. The molecule has 0 aliphatic heterocycles. The first-order valence-corrected chi connectivity index (χ1v) is 6.49. The van der Waals surface area contributed by atoms with Crippen LogP contribution in [-0.2, 0) is 6.42 Å². The fraction of sp³-hybridized carbons (Fsp3) is 0.143. The van der Waals surface area contributed by atoms with E-state index in [2.05, 4.69) is 12.1 Å². The van der Waals surface area contributed by atoms with Gasteiger partial charge in [-0.3, -0.25) is 0 Å². The quantitative estimate of drug-likeness (QED) is 0.641. The highest BCUT2D eigenvalue weighted by atomic mass is 32.2. The number of rotatable bonds is 4. The molecule has 0 amide bonds. The van der Waals surface area contributed by atoms with Gasteiger partial charge in [-0.2, -0.15) is 0 Å². The molecule has 0 aliphatic rings. The van der Waals surface area contributed by atoms with Crippen LogP contribution in [0.5, 0.6) is 5.75 Å². The van der Waals surface area contributed by atoms with E-state index in [0.29, 0.717) is 5.75 Å². The lowest BCUT2D eigenvalue weighted by atomic mass is 10.2. The van der Waals surface area contributed by atoms with Crippen LogP contribution in [0.3, 0.4) is 0 Å². The third-order valence-electron chi connectivity index (χ3n) is 2.48. The van der Waals surface area contributed by atoms with Gasteiger partial charge in [0, 0.05) is 16.3 Å². The summed E-state index contributed by atoms with van der Waals surface area (Å²) in [4.78, 5) is 1.18. The second kappa shape index (κ2) is 5.64. The van der Waals surface area contributed by atoms with Gasteiger partial charge in [0.2, 0.25) is 0 Å². The minimum Gasteiger partial charge on any atom is -0.508 e. The Kier molecular flexibility index (Phi) is 3.94. The van der Waals surface area contributed by atoms with Crippen LogP contribution in [0.2, 0.25) is 0 Å². The molecule has 0 heterocycles. The molecule has 0 radical (unpaired) electrons. The summed E-state index contributed by atoms with van der Waals surface area (Å²) in [6.07, 6.45) is 1.02. The van der Waals surface area contributed by atoms with E-state index in [1.165, 1.54) is 10.5 Å². The number of nitrogen functional groups attached to an aromatic ring is 1. The summed E-state index contributed by atoms with van der Waals surface area (Å²) >= 11 is 1.79. The number of thioether (sulfide) groups is 1. The van der Waals surface area contributed by atoms with Gasteiger partial charge in [0.1, 0.15) is 5.75 Å². The van der Waals surface area contributed by atoms with Crippen LogP contribution in [0.4, 0.5) is 5.69 Å². The number of nitrogens with two attached hydrogens (primary N) is 1. The highest BCUT2D eigenvalue weighted by Crippen LogP contribution is 2.21. The van der Waals surface area contributed by atoms with Crippen LogP contribution < -0.4 is 5.73 Å². The van der Waals surface area contributed by atoms with Crippen molar-refractivity contribution in [3.8, 4) is 5.75 Å². The number of benzene rings is 2. The molecule has 17 heavy (non-hydrogen) atoms. The van der Waals surface area contributed by atoms with Gasteiger partial charge in [0.25, 0.3) is 0 Å². The van der Waals surface area contributed by atoms with Crippen molar-refractivity contribution in [1.82, 2.24) is 0 Å². The molecule has 0 aliphatic carbocycles. The van der Waals surface area contributed by atoms with E-state index < -0.39 is 0 Å². The molecule has 2 aromatic rings. The van der Waals surface area contributed by atoms with Crippen LogP contribution in [-0.4, -0.2) is 10.9 Å². The summed E-state index contributed by atoms with van der Waals surface area (Å²) in [5.41, 5.74) is 7.73. The van der Waals surface area contributed by atoms with Crippen molar-refractivity contribution in [2.24, 2.45) is 0 Å². The fourth-order valence-corrected chi connectivity index (χ4v) is 2.42. The Bertz CT molecular complexity index is 419. The first kappa shape index (κ1) is 11.9. The Labute approximate surface area is 105 Å². The Hall–Kier alpha value is -1.61. The zero-order valence-corrected chi connectivity index (χ0v) is 10.3. The van der Waals surface area contributed by atoms with Gasteiger partial charge in [-0.25, -0.2) is 0 Å². The highest BCUT2D eigenvalue weighted by molar-refractivity contribution is 7.99. The lowest BCUT2D eigenvalue weighted by Crippen LogP contribution is -1.90. The van der Waals surface area contributed by atoms with Gasteiger partial charge in [-0.15, -0.1) is 11.8 Å². The van der Waals surface area contributed by atoms with E-state index in [9.17, 15) is 0 Å². The van der Waals surface area contributed by atoms with Crippen LogP contribution >= 0.6 is 11.8 Å². The number of hydrogen-bond acceptors (Lipinski definition) is 3. The molecule has 0 bridgehead atoms. The van der Waals surface area contributed by atoms with Crippen LogP contribution in [0.15, 0.2) is 53.4 Å². The third-order valence-corrected chi connectivity index (χ3v) is 3.49. The van der Waals surface area contributed by atoms with Gasteiger partial charge in [0.15, 0.2) is 0 Å². The number of phenolic OH excluding ortho intramolecular Hbond substituents is 1. The number of anilines is 1. The summed E-state index contributed by atoms with van der Waals surface area (Å²) < 4.78 is 0. The Balaban J connectivity index is 1.83. The minimum absolute atomic E-state index is 0.313. The van der Waals surface area contributed by atoms with Crippen molar-refractivity contribution in [2.45, 2.75) is 11.3 Å². The zero-order chi connectivity index (χ0) is 12.1. The molecule has 88 valence electrons. The molecule has 0 saturated carbocycles. The molecule has 0 aromatic heterocycles. The van der Waals surface area contributed by atoms with E-state index in [0.717, 1.165) is 17.9 Å². The van der Waals surface area contributed by atoms with Crippen molar-refractivity contribution < 1.29 is 5.11 Å². The Morgan fingerprint density at radius 1 is 0.941 bits per heavy atom. The van der Waals surface area contributed by atoms with Crippen molar-refractivity contribution in [2.75, 3.05) is 11.5 Å². The number of phenols is 1. The molecule has 3 heteroatoms. The summed E-state index contributed by atoms with van der Waals surface area (Å²) in [7, 11) is 0. The second-order valence-corrected chi connectivity index (χ2v) is 5.00. The van der Waals surface area contributed by atoms with Gasteiger partial charge in [-0.1, -0.05) is 12.1 Å².